The van der Waals surface area contributed by atoms with Gasteiger partial charge in [-0.1, -0.05) is 24.3 Å². The van der Waals surface area contributed by atoms with Crippen LogP contribution < -0.4 is 14.4 Å². The molecule has 1 fully saturated rings. The van der Waals surface area contributed by atoms with Crippen molar-refractivity contribution in [1.29, 1.82) is 0 Å². The number of benzene rings is 3. The van der Waals surface area contributed by atoms with Crippen LogP contribution in [-0.4, -0.2) is 36.0 Å². The van der Waals surface area contributed by atoms with E-state index in [1.807, 2.05) is 63.2 Å². The number of Topliss-reactive ketones (excluding diaryl/α,β-unsaturated/α-hetero) is 1. The Labute approximate surface area is 214 Å². The molecular weight excluding hydrogens is 468 g/mol. The van der Waals surface area contributed by atoms with Gasteiger partial charge < -0.3 is 19.6 Å². The lowest BCUT2D eigenvalue weighted by Crippen LogP contribution is -2.29. The Kier molecular flexibility index (Phi) is 5.99. The van der Waals surface area contributed by atoms with Crippen LogP contribution in [0.15, 0.2) is 66.2 Å². The van der Waals surface area contributed by atoms with E-state index in [1.165, 1.54) is 19.1 Å². The Hall–Kier alpha value is -4.52. The number of amides is 1. The van der Waals surface area contributed by atoms with Gasteiger partial charge in [0, 0.05) is 27.8 Å². The van der Waals surface area contributed by atoms with Gasteiger partial charge in [-0.2, -0.15) is 0 Å². The maximum atomic E-state index is 13.7. The van der Waals surface area contributed by atoms with Crippen molar-refractivity contribution in [2.24, 2.45) is 0 Å². The molecule has 0 saturated carbocycles. The highest BCUT2D eigenvalue weighted by atomic mass is 16.5. The molecule has 7 heteroatoms. The van der Waals surface area contributed by atoms with Crippen molar-refractivity contribution >= 4 is 34.0 Å². The zero-order valence-corrected chi connectivity index (χ0v) is 21.4. The second-order valence-corrected chi connectivity index (χ2v) is 9.21. The number of H-pyrrole nitrogens is 1. The number of ether oxygens (including phenoxy) is 2. The van der Waals surface area contributed by atoms with Crippen LogP contribution >= 0.6 is 0 Å². The fourth-order valence-electron chi connectivity index (χ4n) is 5.04. The minimum atomic E-state index is -0.867. The summed E-state index contributed by atoms with van der Waals surface area (Å²) in [6, 6.07) is 17.4. The smallest absolute Gasteiger partial charge is 0.300 e. The van der Waals surface area contributed by atoms with Crippen molar-refractivity contribution in [2.45, 2.75) is 26.8 Å². The molecule has 3 aromatic carbocycles. The number of rotatable bonds is 5. The van der Waals surface area contributed by atoms with Crippen molar-refractivity contribution in [3.8, 4) is 11.5 Å². The number of methoxy groups -OCH3 is 2. The average molecular weight is 497 g/mol. The SMILES string of the molecule is COc1ccc(OC)c(/C(O)=C2\C(=O)C(=O)N(c3ccc(C)c(C)c3)C2c2c(C)[nH]c3ccccc23)c1. The molecule has 2 heterocycles. The van der Waals surface area contributed by atoms with Crippen molar-refractivity contribution in [3.63, 3.8) is 0 Å². The van der Waals surface area contributed by atoms with Crippen LogP contribution in [0.5, 0.6) is 11.5 Å². The van der Waals surface area contributed by atoms with E-state index >= 15 is 0 Å². The van der Waals surface area contributed by atoms with E-state index in [0.717, 1.165) is 33.3 Å². The summed E-state index contributed by atoms with van der Waals surface area (Å²) in [5.74, 6) is -0.970. The Bertz CT molecular complexity index is 1600. The van der Waals surface area contributed by atoms with Gasteiger partial charge in [0.05, 0.1) is 31.4 Å². The molecule has 0 spiro atoms. The van der Waals surface area contributed by atoms with Crippen LogP contribution in [0.1, 0.15) is 34.0 Å². The molecule has 7 nitrogen and oxygen atoms in total. The molecule has 0 bridgehead atoms. The third-order valence-electron chi connectivity index (χ3n) is 7.09. The Morgan fingerprint density at radius 1 is 0.919 bits per heavy atom. The zero-order valence-electron chi connectivity index (χ0n) is 21.4. The monoisotopic (exact) mass is 496 g/mol. The summed E-state index contributed by atoms with van der Waals surface area (Å²) >= 11 is 0. The first-order valence-electron chi connectivity index (χ1n) is 11.9. The molecule has 1 atom stereocenters. The molecule has 0 radical (unpaired) electrons. The zero-order chi connectivity index (χ0) is 26.4. The van der Waals surface area contributed by atoms with Gasteiger partial charge in [-0.05, 0) is 68.3 Å². The first kappa shape index (κ1) is 24.2. The van der Waals surface area contributed by atoms with Crippen LogP contribution in [0.2, 0.25) is 0 Å². The molecule has 5 rings (SSSR count). The maximum absolute atomic E-state index is 13.7. The van der Waals surface area contributed by atoms with Crippen LogP contribution in [0, 0.1) is 20.8 Å². The number of ketones is 1. The molecular formula is C30H28N2O5. The number of fused-ring (bicyclic) bond motifs is 1. The van der Waals surface area contributed by atoms with E-state index in [0.29, 0.717) is 17.2 Å². The number of aliphatic hydroxyl groups is 1. The van der Waals surface area contributed by atoms with Gasteiger partial charge in [-0.15, -0.1) is 0 Å². The summed E-state index contributed by atoms with van der Waals surface area (Å²) in [7, 11) is 2.99. The topological polar surface area (TPSA) is 91.9 Å². The van der Waals surface area contributed by atoms with Gasteiger partial charge in [0.2, 0.25) is 0 Å². The normalized spacial score (nSPS) is 17.0. The minimum absolute atomic E-state index is 0.0114. The Balaban J connectivity index is 1.84. The number of aliphatic hydroxyl groups excluding tert-OH is 1. The molecule has 1 saturated heterocycles. The fourth-order valence-corrected chi connectivity index (χ4v) is 5.04. The summed E-state index contributed by atoms with van der Waals surface area (Å²) < 4.78 is 10.8. The molecule has 4 aromatic rings. The highest BCUT2D eigenvalue weighted by molar-refractivity contribution is 6.52. The Morgan fingerprint density at radius 2 is 1.68 bits per heavy atom. The lowest BCUT2D eigenvalue weighted by molar-refractivity contribution is -0.132. The molecule has 0 aliphatic carbocycles. The fraction of sp³-hybridized carbons (Fsp3) is 0.200. The molecule has 1 unspecified atom stereocenters. The number of aromatic nitrogens is 1. The second-order valence-electron chi connectivity index (χ2n) is 9.21. The number of hydrogen-bond acceptors (Lipinski definition) is 5. The van der Waals surface area contributed by atoms with Crippen LogP contribution in [0.3, 0.4) is 0 Å². The molecule has 188 valence electrons. The van der Waals surface area contributed by atoms with Gasteiger partial charge in [0.1, 0.15) is 17.3 Å². The third kappa shape index (κ3) is 3.83. The summed E-state index contributed by atoms with van der Waals surface area (Å²) in [5, 5.41) is 12.5. The largest absolute Gasteiger partial charge is 0.507 e. The summed E-state index contributed by atoms with van der Waals surface area (Å²) in [4.78, 5) is 32.2. The number of aromatic amines is 1. The number of nitrogens with zero attached hydrogens (tertiary/aromatic N) is 1. The van der Waals surface area contributed by atoms with Crippen molar-refractivity contribution < 1.29 is 24.2 Å². The number of carbonyl (C=O) groups excluding carboxylic acids is 2. The standard InChI is InChI=1S/C30H28N2O5/c1-16-10-11-19(14-17(16)2)32-27(25-18(3)31-23-9-7-6-8-21(23)25)26(29(34)30(32)35)28(33)22-15-20(36-4)12-13-24(22)37-5/h6-15,27,31,33H,1-5H3/b28-26+. The quantitative estimate of drug-likeness (QED) is 0.209. The molecule has 1 aliphatic heterocycles. The average Bonchev–Trinajstić information content (AvgIpc) is 3.36. The van der Waals surface area contributed by atoms with Crippen molar-refractivity contribution in [3.05, 3.63) is 94.2 Å². The van der Waals surface area contributed by atoms with Crippen LogP contribution in [0.25, 0.3) is 16.7 Å². The van der Waals surface area contributed by atoms with Gasteiger partial charge >= 0.3 is 0 Å². The van der Waals surface area contributed by atoms with Gasteiger partial charge in [0.25, 0.3) is 11.7 Å². The van der Waals surface area contributed by atoms with Crippen LogP contribution in [-0.2, 0) is 9.59 Å². The molecule has 1 aromatic heterocycles. The number of hydrogen-bond donors (Lipinski definition) is 2. The van der Waals surface area contributed by atoms with E-state index in [2.05, 4.69) is 4.98 Å². The second kappa shape index (κ2) is 9.17. The van der Waals surface area contributed by atoms with Crippen LogP contribution in [0.4, 0.5) is 5.69 Å². The summed E-state index contributed by atoms with van der Waals surface area (Å²) in [5.41, 5.74) is 5.31. The van der Waals surface area contributed by atoms with Gasteiger partial charge in [-0.3, -0.25) is 14.5 Å². The lowest BCUT2D eigenvalue weighted by Gasteiger charge is -2.26. The molecule has 2 N–H and O–H groups in total. The number of para-hydroxylation sites is 1. The van der Waals surface area contributed by atoms with Crippen molar-refractivity contribution in [1.82, 2.24) is 4.98 Å². The van der Waals surface area contributed by atoms with Crippen molar-refractivity contribution in [2.75, 3.05) is 19.1 Å². The molecule has 1 amide bonds. The Morgan fingerprint density at radius 3 is 2.38 bits per heavy atom. The first-order valence-corrected chi connectivity index (χ1v) is 11.9. The van der Waals surface area contributed by atoms with E-state index in [1.54, 1.807) is 18.2 Å². The van der Waals surface area contributed by atoms with E-state index in [4.69, 9.17) is 9.47 Å². The summed E-state index contributed by atoms with van der Waals surface area (Å²) in [6.45, 7) is 5.86. The third-order valence-corrected chi connectivity index (χ3v) is 7.09. The van der Waals surface area contributed by atoms with E-state index < -0.39 is 17.7 Å². The highest BCUT2D eigenvalue weighted by Gasteiger charge is 2.48. The predicted molar refractivity (Wildman–Crippen MR) is 143 cm³/mol. The number of carbonyl (C=O) groups is 2. The number of anilines is 1. The molecule has 1 aliphatic rings. The summed E-state index contributed by atoms with van der Waals surface area (Å²) in [6.07, 6.45) is 0. The maximum Gasteiger partial charge on any atom is 0.300 e. The van der Waals surface area contributed by atoms with Gasteiger partial charge in [0.15, 0.2) is 0 Å². The van der Waals surface area contributed by atoms with E-state index in [9.17, 15) is 14.7 Å². The number of aryl methyl sites for hydroxylation is 3. The van der Waals surface area contributed by atoms with E-state index in [-0.39, 0.29) is 16.9 Å². The number of nitrogens with one attached hydrogen (secondary N) is 1. The predicted octanol–water partition coefficient (Wildman–Crippen LogP) is 5.74. The van der Waals surface area contributed by atoms with Gasteiger partial charge in [-0.25, -0.2) is 0 Å². The minimum Gasteiger partial charge on any atom is -0.507 e. The first-order chi connectivity index (χ1) is 17.8. The molecule has 37 heavy (non-hydrogen) atoms. The lowest BCUT2D eigenvalue weighted by atomic mass is 9.92. The highest BCUT2D eigenvalue weighted by Crippen LogP contribution is 2.46.